The van der Waals surface area contributed by atoms with Crippen molar-refractivity contribution in [2.75, 3.05) is 5.75 Å². The summed E-state index contributed by atoms with van der Waals surface area (Å²) < 4.78 is 38.1. The van der Waals surface area contributed by atoms with Gasteiger partial charge < -0.3 is 0 Å². The Balaban J connectivity index is 2.06. The fraction of sp³-hybridized carbons (Fsp3) is 0.357. The number of nitrogens with zero attached hydrogens (tertiary/aromatic N) is 3. The van der Waals surface area contributed by atoms with Gasteiger partial charge in [0.15, 0.2) is 10.9 Å². The van der Waals surface area contributed by atoms with Crippen molar-refractivity contribution in [3.05, 3.63) is 41.2 Å². The van der Waals surface area contributed by atoms with Crippen molar-refractivity contribution in [2.24, 2.45) is 0 Å². The Bertz CT molecular complexity index is 682. The Hall–Kier alpha value is -1.83. The van der Waals surface area contributed by atoms with E-state index < -0.39 is 12.7 Å². The molecule has 0 unspecified atom stereocenters. The standard InChI is InChI=1S/C14H14F3N3OS/c1-9-3-4-10(2)11(5-9)12(21)6-22-13-19-18-8-20(13)7-14(15,16)17/h3-5,8H,6-7H2,1-2H3. The van der Waals surface area contributed by atoms with E-state index in [4.69, 9.17) is 0 Å². The molecule has 4 nitrogen and oxygen atoms in total. The average molecular weight is 329 g/mol. The number of hydrogen-bond acceptors (Lipinski definition) is 4. The zero-order valence-electron chi connectivity index (χ0n) is 12.0. The molecule has 2 aromatic rings. The Labute approximate surface area is 129 Å². The number of ketones is 1. The van der Waals surface area contributed by atoms with Crippen LogP contribution >= 0.6 is 11.8 Å². The Kier molecular flexibility index (Phi) is 4.90. The summed E-state index contributed by atoms with van der Waals surface area (Å²) in [6.07, 6.45) is -3.34. The Morgan fingerprint density at radius 3 is 2.73 bits per heavy atom. The van der Waals surface area contributed by atoms with Crippen molar-refractivity contribution >= 4 is 17.5 Å². The van der Waals surface area contributed by atoms with Gasteiger partial charge in [-0.2, -0.15) is 13.2 Å². The van der Waals surface area contributed by atoms with Crippen LogP contribution in [0.15, 0.2) is 29.7 Å². The second kappa shape index (κ2) is 6.51. The van der Waals surface area contributed by atoms with Crippen molar-refractivity contribution < 1.29 is 18.0 Å². The maximum absolute atomic E-state index is 12.4. The van der Waals surface area contributed by atoms with Gasteiger partial charge >= 0.3 is 6.18 Å². The van der Waals surface area contributed by atoms with E-state index in [9.17, 15) is 18.0 Å². The molecule has 0 fully saturated rings. The number of aromatic nitrogens is 3. The van der Waals surface area contributed by atoms with Crippen LogP contribution in [0.2, 0.25) is 0 Å². The zero-order chi connectivity index (χ0) is 16.3. The third-order valence-electron chi connectivity index (χ3n) is 2.96. The lowest BCUT2D eigenvalue weighted by Crippen LogP contribution is -2.18. The first-order chi connectivity index (χ1) is 10.3. The number of carbonyl (C=O) groups is 1. The first-order valence-electron chi connectivity index (χ1n) is 6.44. The molecule has 0 spiro atoms. The second-order valence-corrected chi connectivity index (χ2v) is 5.83. The summed E-state index contributed by atoms with van der Waals surface area (Å²) in [6, 6.07) is 5.53. The van der Waals surface area contributed by atoms with Gasteiger partial charge in [0.2, 0.25) is 0 Å². The summed E-state index contributed by atoms with van der Waals surface area (Å²) in [5.41, 5.74) is 2.38. The predicted octanol–water partition coefficient (Wildman–Crippen LogP) is 3.43. The van der Waals surface area contributed by atoms with Crippen molar-refractivity contribution in [1.82, 2.24) is 14.8 Å². The summed E-state index contributed by atoms with van der Waals surface area (Å²) in [5.74, 6) is -0.131. The third kappa shape index (κ3) is 4.33. The highest BCUT2D eigenvalue weighted by Crippen LogP contribution is 2.23. The highest BCUT2D eigenvalue weighted by molar-refractivity contribution is 7.99. The fourth-order valence-corrected chi connectivity index (χ4v) is 2.70. The van der Waals surface area contributed by atoms with Crippen LogP contribution in [-0.4, -0.2) is 32.5 Å². The minimum atomic E-state index is -4.35. The molecule has 0 aliphatic carbocycles. The van der Waals surface area contributed by atoms with Gasteiger partial charge in [-0.3, -0.25) is 9.36 Å². The summed E-state index contributed by atoms with van der Waals surface area (Å²) in [4.78, 5) is 12.2. The van der Waals surface area contributed by atoms with Crippen molar-refractivity contribution in [1.29, 1.82) is 0 Å². The molecule has 0 radical (unpaired) electrons. The van der Waals surface area contributed by atoms with Crippen LogP contribution in [0, 0.1) is 13.8 Å². The zero-order valence-corrected chi connectivity index (χ0v) is 12.8. The number of halogens is 3. The molecule has 1 heterocycles. The molecular formula is C14H14F3N3OS. The summed E-state index contributed by atoms with van der Waals surface area (Å²) in [5, 5.41) is 7.18. The van der Waals surface area contributed by atoms with Gasteiger partial charge in [0, 0.05) is 5.56 Å². The predicted molar refractivity (Wildman–Crippen MR) is 77.0 cm³/mol. The number of Topliss-reactive ketones (excluding diaryl/α,β-unsaturated/α-hetero) is 1. The van der Waals surface area contributed by atoms with Crippen molar-refractivity contribution in [2.45, 2.75) is 31.7 Å². The van der Waals surface area contributed by atoms with Crippen LogP contribution < -0.4 is 0 Å². The molecule has 22 heavy (non-hydrogen) atoms. The van der Waals surface area contributed by atoms with Gasteiger partial charge in [-0.25, -0.2) is 0 Å². The average Bonchev–Trinajstić information content (AvgIpc) is 2.84. The number of thioether (sulfide) groups is 1. The topological polar surface area (TPSA) is 47.8 Å². The second-order valence-electron chi connectivity index (χ2n) is 4.89. The molecule has 0 saturated carbocycles. The van der Waals surface area contributed by atoms with Gasteiger partial charge in [0.25, 0.3) is 0 Å². The Morgan fingerprint density at radius 1 is 1.32 bits per heavy atom. The number of alkyl halides is 3. The molecule has 0 N–H and O–H groups in total. The van der Waals surface area contributed by atoms with Gasteiger partial charge in [-0.1, -0.05) is 29.5 Å². The van der Waals surface area contributed by atoms with Crippen LogP contribution in [0.1, 0.15) is 21.5 Å². The number of benzene rings is 1. The van der Waals surface area contributed by atoms with Crippen LogP contribution in [0.25, 0.3) is 0 Å². The van der Waals surface area contributed by atoms with Crippen LogP contribution in [0.3, 0.4) is 0 Å². The lowest BCUT2D eigenvalue weighted by atomic mass is 10.0. The quantitative estimate of drug-likeness (QED) is 0.623. The maximum Gasteiger partial charge on any atom is 0.406 e. The molecule has 118 valence electrons. The van der Waals surface area contributed by atoms with Crippen molar-refractivity contribution in [3.8, 4) is 0 Å². The number of aryl methyl sites for hydroxylation is 2. The minimum absolute atomic E-state index is 0.0147. The van der Waals surface area contributed by atoms with E-state index >= 15 is 0 Å². The number of rotatable bonds is 5. The number of hydrogen-bond donors (Lipinski definition) is 0. The molecule has 1 aromatic carbocycles. The lowest BCUT2D eigenvalue weighted by Gasteiger charge is -2.09. The first kappa shape index (κ1) is 16.5. The smallest absolute Gasteiger partial charge is 0.299 e. The molecule has 0 saturated heterocycles. The van der Waals surface area contributed by atoms with E-state index in [1.807, 2.05) is 26.0 Å². The Morgan fingerprint density at radius 2 is 2.05 bits per heavy atom. The summed E-state index contributed by atoms with van der Waals surface area (Å²) in [6.45, 7) is 2.53. The van der Waals surface area contributed by atoms with Crippen molar-refractivity contribution in [3.63, 3.8) is 0 Å². The SMILES string of the molecule is Cc1ccc(C)c(C(=O)CSc2nncn2CC(F)(F)F)c1. The molecule has 0 aliphatic rings. The van der Waals surface area contributed by atoms with Gasteiger partial charge in [-0.15, -0.1) is 10.2 Å². The van der Waals surface area contributed by atoms with Crippen LogP contribution in [0.5, 0.6) is 0 Å². The lowest BCUT2D eigenvalue weighted by molar-refractivity contribution is -0.142. The largest absolute Gasteiger partial charge is 0.406 e. The molecule has 0 atom stereocenters. The normalized spacial score (nSPS) is 11.7. The first-order valence-corrected chi connectivity index (χ1v) is 7.42. The highest BCUT2D eigenvalue weighted by atomic mass is 32.2. The molecular weight excluding hydrogens is 315 g/mol. The molecule has 2 rings (SSSR count). The fourth-order valence-electron chi connectivity index (χ4n) is 1.90. The van der Waals surface area contributed by atoms with E-state index in [1.165, 1.54) is 0 Å². The molecule has 0 bridgehead atoms. The van der Waals surface area contributed by atoms with Crippen LogP contribution in [-0.2, 0) is 6.54 Å². The molecule has 8 heteroatoms. The minimum Gasteiger partial charge on any atom is -0.299 e. The van der Waals surface area contributed by atoms with Gasteiger partial charge in [0.1, 0.15) is 12.9 Å². The molecule has 1 aromatic heterocycles. The summed E-state index contributed by atoms with van der Waals surface area (Å²) >= 11 is 0.952. The van der Waals surface area contributed by atoms with Gasteiger partial charge in [0.05, 0.1) is 5.75 Å². The van der Waals surface area contributed by atoms with E-state index in [0.717, 1.165) is 33.8 Å². The van der Waals surface area contributed by atoms with E-state index in [-0.39, 0.29) is 16.7 Å². The molecule has 0 aliphatic heterocycles. The van der Waals surface area contributed by atoms with E-state index in [1.54, 1.807) is 6.07 Å². The maximum atomic E-state index is 12.4. The third-order valence-corrected chi connectivity index (χ3v) is 3.94. The van der Waals surface area contributed by atoms with Crippen LogP contribution in [0.4, 0.5) is 13.2 Å². The highest BCUT2D eigenvalue weighted by Gasteiger charge is 2.29. The summed E-state index contributed by atoms with van der Waals surface area (Å²) in [7, 11) is 0. The molecule has 0 amide bonds. The van der Waals surface area contributed by atoms with Gasteiger partial charge in [-0.05, 0) is 25.5 Å². The van der Waals surface area contributed by atoms with E-state index in [0.29, 0.717) is 5.56 Å². The van der Waals surface area contributed by atoms with E-state index in [2.05, 4.69) is 10.2 Å². The number of carbonyl (C=O) groups excluding carboxylic acids is 1. The monoisotopic (exact) mass is 329 g/mol.